The predicted octanol–water partition coefficient (Wildman–Crippen LogP) is 1.07. The van der Waals surface area contributed by atoms with Crippen LogP contribution in [0.2, 0.25) is 0 Å². The molecule has 0 atom stereocenters. The van der Waals surface area contributed by atoms with Gasteiger partial charge in [-0.15, -0.1) is 0 Å². The van der Waals surface area contributed by atoms with Gasteiger partial charge in [0.25, 0.3) is 0 Å². The van der Waals surface area contributed by atoms with Gasteiger partial charge in [-0.25, -0.2) is 4.39 Å². The van der Waals surface area contributed by atoms with Crippen molar-refractivity contribution in [2.45, 2.75) is 25.7 Å². The van der Waals surface area contributed by atoms with E-state index in [1.807, 2.05) is 11.0 Å². The summed E-state index contributed by atoms with van der Waals surface area (Å²) >= 11 is 0. The second-order valence-electron chi connectivity index (χ2n) is 6.00. The van der Waals surface area contributed by atoms with Crippen LogP contribution in [-0.4, -0.2) is 42.9 Å². The fourth-order valence-electron chi connectivity index (χ4n) is 2.91. The summed E-state index contributed by atoms with van der Waals surface area (Å²) in [6.07, 6.45) is 2.82. The Morgan fingerprint density at radius 3 is 2.61 bits per heavy atom. The van der Waals surface area contributed by atoms with E-state index in [2.05, 4.69) is 5.32 Å². The maximum Gasteiger partial charge on any atom is 0.231 e. The lowest BCUT2D eigenvalue weighted by atomic mass is 9.96. The molecule has 1 heterocycles. The number of benzene rings is 1. The van der Waals surface area contributed by atoms with Crippen molar-refractivity contribution >= 4 is 11.8 Å². The Morgan fingerprint density at radius 2 is 1.96 bits per heavy atom. The van der Waals surface area contributed by atoms with E-state index >= 15 is 0 Å². The van der Waals surface area contributed by atoms with Crippen LogP contribution in [0.15, 0.2) is 24.3 Å². The first-order chi connectivity index (χ1) is 11.1. The lowest BCUT2D eigenvalue weighted by molar-refractivity contribution is -0.126. The topological polar surface area (TPSA) is 75.4 Å². The third-order valence-electron chi connectivity index (χ3n) is 4.22. The van der Waals surface area contributed by atoms with Crippen molar-refractivity contribution < 1.29 is 14.0 Å². The Balaban J connectivity index is 1.64. The first-order valence-corrected chi connectivity index (χ1v) is 8.08. The van der Waals surface area contributed by atoms with Crippen molar-refractivity contribution in [2.75, 3.05) is 26.2 Å². The molecule has 1 saturated heterocycles. The Morgan fingerprint density at radius 1 is 1.26 bits per heavy atom. The van der Waals surface area contributed by atoms with Crippen molar-refractivity contribution in [3.63, 3.8) is 0 Å². The lowest BCUT2D eigenvalue weighted by Gasteiger charge is -2.30. The molecule has 0 bridgehead atoms. The van der Waals surface area contributed by atoms with E-state index in [0.717, 1.165) is 25.9 Å². The smallest absolute Gasteiger partial charge is 0.231 e. The zero-order valence-electron chi connectivity index (χ0n) is 13.3. The molecule has 2 rings (SSSR count). The van der Waals surface area contributed by atoms with E-state index in [1.54, 1.807) is 12.1 Å². The van der Waals surface area contributed by atoms with Gasteiger partial charge in [-0.3, -0.25) is 14.5 Å². The first kappa shape index (κ1) is 17.4. The number of hydrogen-bond acceptors (Lipinski definition) is 3. The Hall–Kier alpha value is -1.95. The standard InChI is InChI=1S/C17H24FN3O2/c18-15-6-2-1-4-13(15)5-3-9-20-17(23)14-7-10-21(11-8-14)12-16(19)22/h1-2,4,6,14H,3,5,7-12H2,(H2,19,22)(H,20,23). The molecule has 1 aliphatic rings. The highest BCUT2D eigenvalue weighted by atomic mass is 19.1. The maximum absolute atomic E-state index is 13.5. The van der Waals surface area contributed by atoms with E-state index in [-0.39, 0.29) is 30.1 Å². The van der Waals surface area contributed by atoms with Gasteiger partial charge in [-0.1, -0.05) is 18.2 Å². The number of aryl methyl sites for hydroxylation is 1. The van der Waals surface area contributed by atoms with Crippen molar-refractivity contribution in [2.24, 2.45) is 11.7 Å². The molecule has 1 aromatic rings. The third-order valence-corrected chi connectivity index (χ3v) is 4.22. The second-order valence-corrected chi connectivity index (χ2v) is 6.00. The third kappa shape index (κ3) is 5.63. The molecule has 1 aliphatic heterocycles. The second kappa shape index (κ2) is 8.62. The van der Waals surface area contributed by atoms with E-state index in [0.29, 0.717) is 24.9 Å². The molecule has 0 aromatic heterocycles. The Bertz CT molecular complexity index is 542. The number of nitrogens with one attached hydrogen (secondary N) is 1. The predicted molar refractivity (Wildman–Crippen MR) is 86.1 cm³/mol. The van der Waals surface area contributed by atoms with E-state index < -0.39 is 0 Å². The van der Waals surface area contributed by atoms with Crippen molar-refractivity contribution in [3.8, 4) is 0 Å². The summed E-state index contributed by atoms with van der Waals surface area (Å²) in [6.45, 7) is 2.25. The number of hydrogen-bond donors (Lipinski definition) is 2. The summed E-state index contributed by atoms with van der Waals surface area (Å²) in [7, 11) is 0. The number of carbonyl (C=O) groups is 2. The number of halogens is 1. The Kier molecular flexibility index (Phi) is 6.52. The number of amides is 2. The zero-order chi connectivity index (χ0) is 16.7. The van der Waals surface area contributed by atoms with Crippen LogP contribution in [0.25, 0.3) is 0 Å². The average molecular weight is 321 g/mol. The number of nitrogens with zero attached hydrogens (tertiary/aromatic N) is 1. The van der Waals surface area contributed by atoms with E-state index in [4.69, 9.17) is 5.73 Å². The molecule has 0 saturated carbocycles. The summed E-state index contributed by atoms with van der Waals surface area (Å²) in [5.41, 5.74) is 5.85. The molecule has 2 amide bonds. The minimum Gasteiger partial charge on any atom is -0.369 e. The quantitative estimate of drug-likeness (QED) is 0.738. The van der Waals surface area contributed by atoms with Gasteiger partial charge >= 0.3 is 0 Å². The van der Waals surface area contributed by atoms with Crippen LogP contribution < -0.4 is 11.1 Å². The number of likely N-dealkylation sites (tertiary alicyclic amines) is 1. The summed E-state index contributed by atoms with van der Waals surface area (Å²) in [5, 5.41) is 2.93. The number of rotatable bonds is 7. The molecule has 0 radical (unpaired) electrons. The van der Waals surface area contributed by atoms with Crippen molar-refractivity contribution in [1.82, 2.24) is 10.2 Å². The highest BCUT2D eigenvalue weighted by molar-refractivity contribution is 5.79. The molecule has 3 N–H and O–H groups in total. The van der Waals surface area contributed by atoms with Gasteiger partial charge in [-0.05, 0) is 50.4 Å². The molecule has 23 heavy (non-hydrogen) atoms. The highest BCUT2D eigenvalue weighted by Gasteiger charge is 2.25. The van der Waals surface area contributed by atoms with Crippen molar-refractivity contribution in [1.29, 1.82) is 0 Å². The molecule has 126 valence electrons. The molecule has 6 heteroatoms. The van der Waals surface area contributed by atoms with E-state index in [1.165, 1.54) is 6.07 Å². The monoisotopic (exact) mass is 321 g/mol. The van der Waals surface area contributed by atoms with Gasteiger partial charge in [0.05, 0.1) is 6.54 Å². The molecule has 0 unspecified atom stereocenters. The summed E-state index contributed by atoms with van der Waals surface area (Å²) < 4.78 is 13.5. The van der Waals surface area contributed by atoms with Gasteiger partial charge in [0.15, 0.2) is 0 Å². The van der Waals surface area contributed by atoms with Gasteiger partial charge in [0, 0.05) is 12.5 Å². The summed E-state index contributed by atoms with van der Waals surface area (Å²) in [6, 6.07) is 6.71. The largest absolute Gasteiger partial charge is 0.369 e. The maximum atomic E-state index is 13.5. The fraction of sp³-hybridized carbons (Fsp3) is 0.529. The van der Waals surface area contributed by atoms with Crippen LogP contribution >= 0.6 is 0 Å². The van der Waals surface area contributed by atoms with Crippen LogP contribution in [0.5, 0.6) is 0 Å². The van der Waals surface area contributed by atoms with Crippen LogP contribution in [0, 0.1) is 11.7 Å². The molecule has 5 nitrogen and oxygen atoms in total. The van der Waals surface area contributed by atoms with Gasteiger partial charge in [0.2, 0.25) is 11.8 Å². The molecular weight excluding hydrogens is 297 g/mol. The summed E-state index contributed by atoms with van der Waals surface area (Å²) in [5.74, 6) is -0.480. The van der Waals surface area contributed by atoms with Crippen molar-refractivity contribution in [3.05, 3.63) is 35.6 Å². The van der Waals surface area contributed by atoms with Gasteiger partial charge in [-0.2, -0.15) is 0 Å². The van der Waals surface area contributed by atoms with Gasteiger partial charge < -0.3 is 11.1 Å². The normalized spacial score (nSPS) is 16.2. The fourth-order valence-corrected chi connectivity index (χ4v) is 2.91. The Labute approximate surface area is 136 Å². The number of carbonyl (C=O) groups excluding carboxylic acids is 2. The molecule has 0 aliphatic carbocycles. The average Bonchev–Trinajstić information content (AvgIpc) is 2.53. The number of primary amides is 1. The molecule has 0 spiro atoms. The zero-order valence-corrected chi connectivity index (χ0v) is 13.3. The first-order valence-electron chi connectivity index (χ1n) is 8.08. The lowest BCUT2D eigenvalue weighted by Crippen LogP contribution is -2.43. The number of nitrogens with two attached hydrogens (primary N) is 1. The minimum absolute atomic E-state index is 0.00686. The van der Waals surface area contributed by atoms with Gasteiger partial charge in [0.1, 0.15) is 5.82 Å². The highest BCUT2D eigenvalue weighted by Crippen LogP contribution is 2.17. The number of piperidine rings is 1. The molecule has 1 fully saturated rings. The van der Waals surface area contributed by atoms with Crippen LogP contribution in [0.1, 0.15) is 24.8 Å². The summed E-state index contributed by atoms with van der Waals surface area (Å²) in [4.78, 5) is 25.0. The van der Waals surface area contributed by atoms with E-state index in [9.17, 15) is 14.0 Å². The molecular formula is C17H24FN3O2. The van der Waals surface area contributed by atoms with Crippen LogP contribution in [-0.2, 0) is 16.0 Å². The molecule has 1 aromatic carbocycles. The van der Waals surface area contributed by atoms with Crippen LogP contribution in [0.3, 0.4) is 0 Å². The van der Waals surface area contributed by atoms with Crippen LogP contribution in [0.4, 0.5) is 4.39 Å². The minimum atomic E-state index is -0.332. The SMILES string of the molecule is NC(=O)CN1CCC(C(=O)NCCCc2ccccc2F)CC1.